The third-order valence-corrected chi connectivity index (χ3v) is 5.81. The molecule has 2 aromatic carbocycles. The zero-order valence-electron chi connectivity index (χ0n) is 20.4. The number of carbonyl (C=O) groups is 2. The highest BCUT2D eigenvalue weighted by atomic mass is 35.5. The molecule has 3 rings (SSSR count). The van der Waals surface area contributed by atoms with Crippen molar-refractivity contribution in [2.24, 2.45) is 0 Å². The van der Waals surface area contributed by atoms with Crippen LogP contribution in [0.15, 0.2) is 36.4 Å². The summed E-state index contributed by atoms with van der Waals surface area (Å²) >= 11 is 6.50. The van der Waals surface area contributed by atoms with Gasteiger partial charge in [-0.1, -0.05) is 44.5 Å². The lowest BCUT2D eigenvalue weighted by Gasteiger charge is -2.37. The van der Waals surface area contributed by atoms with Crippen molar-refractivity contribution < 1.29 is 19.1 Å². The summed E-state index contributed by atoms with van der Waals surface area (Å²) in [5.74, 6) is 0.384. The first kappa shape index (κ1) is 24.9. The fourth-order valence-electron chi connectivity index (χ4n) is 3.94. The molecular formula is C26H33ClN2O4. The molecule has 6 nitrogen and oxygen atoms in total. The van der Waals surface area contributed by atoms with Crippen molar-refractivity contribution in [1.82, 2.24) is 4.90 Å². The highest BCUT2D eigenvalue weighted by Gasteiger charge is 2.38. The molecule has 0 aromatic heterocycles. The molecule has 1 heterocycles. The molecule has 0 spiro atoms. The molecule has 0 saturated carbocycles. The van der Waals surface area contributed by atoms with E-state index in [2.05, 4.69) is 26.1 Å². The molecule has 1 N–H and O–H groups in total. The first-order chi connectivity index (χ1) is 15.3. The maximum Gasteiger partial charge on any atom is 0.411 e. The molecule has 1 aliphatic rings. The van der Waals surface area contributed by atoms with E-state index in [4.69, 9.17) is 21.1 Å². The van der Waals surface area contributed by atoms with Gasteiger partial charge in [0.2, 0.25) is 0 Å². The summed E-state index contributed by atoms with van der Waals surface area (Å²) in [6, 6.07) is 10.2. The summed E-state index contributed by atoms with van der Waals surface area (Å²) in [5, 5.41) is 3.53. The van der Waals surface area contributed by atoms with Gasteiger partial charge in [0.1, 0.15) is 17.4 Å². The number of ether oxygens (including phenoxy) is 2. The average Bonchev–Trinajstić information content (AvgIpc) is 2.70. The van der Waals surface area contributed by atoms with Crippen molar-refractivity contribution in [3.8, 4) is 5.75 Å². The lowest BCUT2D eigenvalue weighted by molar-refractivity contribution is -0.121. The Kier molecular flexibility index (Phi) is 6.99. The Hall–Kier alpha value is -2.73. The Balaban J connectivity index is 1.95. The number of nitrogens with one attached hydrogen (secondary N) is 1. The smallest absolute Gasteiger partial charge is 0.411 e. The molecule has 7 heteroatoms. The number of hydrogen-bond donors (Lipinski definition) is 1. The van der Waals surface area contributed by atoms with E-state index in [-0.39, 0.29) is 11.3 Å². The van der Waals surface area contributed by atoms with Crippen molar-refractivity contribution in [2.45, 2.75) is 65.0 Å². The van der Waals surface area contributed by atoms with E-state index in [9.17, 15) is 9.59 Å². The van der Waals surface area contributed by atoms with Crippen LogP contribution in [0.5, 0.6) is 5.75 Å². The topological polar surface area (TPSA) is 67.9 Å². The number of rotatable bonds is 3. The van der Waals surface area contributed by atoms with Gasteiger partial charge >= 0.3 is 6.09 Å². The predicted molar refractivity (Wildman–Crippen MR) is 131 cm³/mol. The SMILES string of the molecule is COc1ccc2c(c1)CCN(C(=O)OC(C)(C)C)C2C(=O)Nc1ccc(C(C)(C)C)c(Cl)c1. The zero-order valence-corrected chi connectivity index (χ0v) is 21.2. The first-order valence-corrected chi connectivity index (χ1v) is 11.5. The molecule has 2 amide bonds. The van der Waals surface area contributed by atoms with Gasteiger partial charge in [-0.25, -0.2) is 4.79 Å². The highest BCUT2D eigenvalue weighted by Crippen LogP contribution is 2.35. The number of fused-ring (bicyclic) bond motifs is 1. The van der Waals surface area contributed by atoms with Gasteiger partial charge in [-0.05, 0) is 73.6 Å². The minimum absolute atomic E-state index is 0.117. The van der Waals surface area contributed by atoms with Crippen molar-refractivity contribution in [2.75, 3.05) is 19.0 Å². The number of halogens is 1. The third kappa shape index (κ3) is 5.80. The van der Waals surface area contributed by atoms with Crippen LogP contribution in [0.25, 0.3) is 0 Å². The summed E-state index contributed by atoms with van der Waals surface area (Å²) in [4.78, 5) is 28.0. The summed E-state index contributed by atoms with van der Waals surface area (Å²) in [6.07, 6.45) is 0.0759. The molecule has 0 fully saturated rings. The molecule has 1 atom stereocenters. The van der Waals surface area contributed by atoms with Crippen LogP contribution in [-0.2, 0) is 21.4 Å². The second-order valence-corrected chi connectivity index (χ2v) is 10.7. The van der Waals surface area contributed by atoms with Gasteiger partial charge in [0, 0.05) is 17.3 Å². The Labute approximate surface area is 201 Å². The van der Waals surface area contributed by atoms with Crippen LogP contribution >= 0.6 is 11.6 Å². The van der Waals surface area contributed by atoms with Gasteiger partial charge in [0.15, 0.2) is 0 Å². The van der Waals surface area contributed by atoms with E-state index in [0.29, 0.717) is 29.4 Å². The minimum atomic E-state index is -0.837. The monoisotopic (exact) mass is 472 g/mol. The van der Waals surface area contributed by atoms with E-state index in [1.54, 1.807) is 19.2 Å². The highest BCUT2D eigenvalue weighted by molar-refractivity contribution is 6.31. The fraction of sp³-hybridized carbons (Fsp3) is 0.462. The maximum atomic E-state index is 13.5. The number of benzene rings is 2. The van der Waals surface area contributed by atoms with Crippen LogP contribution in [0, 0.1) is 0 Å². The van der Waals surface area contributed by atoms with Crippen molar-refractivity contribution >= 4 is 29.3 Å². The second-order valence-electron chi connectivity index (χ2n) is 10.3. The van der Waals surface area contributed by atoms with Gasteiger partial charge in [-0.3, -0.25) is 9.69 Å². The van der Waals surface area contributed by atoms with Gasteiger partial charge in [-0.2, -0.15) is 0 Å². The summed E-state index contributed by atoms with van der Waals surface area (Å²) in [7, 11) is 1.60. The van der Waals surface area contributed by atoms with E-state index in [0.717, 1.165) is 16.7 Å². The largest absolute Gasteiger partial charge is 0.497 e. The van der Waals surface area contributed by atoms with E-state index in [1.807, 2.05) is 45.0 Å². The van der Waals surface area contributed by atoms with Gasteiger partial charge in [-0.15, -0.1) is 0 Å². The van der Waals surface area contributed by atoms with Crippen LogP contribution in [0.3, 0.4) is 0 Å². The lowest BCUT2D eigenvalue weighted by Crippen LogP contribution is -2.47. The van der Waals surface area contributed by atoms with Crippen LogP contribution in [0.4, 0.5) is 10.5 Å². The predicted octanol–water partition coefficient (Wildman–Crippen LogP) is 6.12. The Morgan fingerprint density at radius 2 is 1.76 bits per heavy atom. The molecule has 1 unspecified atom stereocenters. The number of carbonyl (C=O) groups excluding carboxylic acids is 2. The number of anilines is 1. The molecule has 0 bridgehead atoms. The number of hydrogen-bond acceptors (Lipinski definition) is 4. The van der Waals surface area contributed by atoms with E-state index in [1.165, 1.54) is 4.90 Å². The quantitative estimate of drug-likeness (QED) is 0.584. The fourth-order valence-corrected chi connectivity index (χ4v) is 4.41. The number of amides is 2. The lowest BCUT2D eigenvalue weighted by atomic mass is 9.87. The molecular weight excluding hydrogens is 440 g/mol. The number of nitrogens with zero attached hydrogens (tertiary/aromatic N) is 1. The zero-order chi connectivity index (χ0) is 24.6. The molecule has 178 valence electrons. The molecule has 1 aliphatic heterocycles. The van der Waals surface area contributed by atoms with Gasteiger partial charge in [0.25, 0.3) is 5.91 Å². The van der Waals surface area contributed by atoms with Crippen LogP contribution in [0.1, 0.15) is 64.3 Å². The Bertz CT molecular complexity index is 1050. The summed E-state index contributed by atoms with van der Waals surface area (Å²) < 4.78 is 10.9. The normalized spacial score (nSPS) is 16.1. The molecule has 0 aliphatic carbocycles. The second kappa shape index (κ2) is 9.26. The van der Waals surface area contributed by atoms with Crippen LogP contribution in [0.2, 0.25) is 5.02 Å². The first-order valence-electron chi connectivity index (χ1n) is 11.1. The van der Waals surface area contributed by atoms with Crippen LogP contribution < -0.4 is 10.1 Å². The standard InChI is InChI=1S/C26H33ClN2O4/c1-25(2,3)20-11-8-17(15-21(20)27)28-23(30)22-19-10-9-18(32-7)14-16(19)12-13-29(22)24(31)33-26(4,5)6/h8-11,14-15,22H,12-13H2,1-7H3,(H,28,30). The van der Waals surface area contributed by atoms with E-state index >= 15 is 0 Å². The molecule has 0 radical (unpaired) electrons. The van der Waals surface area contributed by atoms with Gasteiger partial charge in [0.05, 0.1) is 7.11 Å². The molecule has 2 aromatic rings. The summed E-state index contributed by atoms with van der Waals surface area (Å²) in [6.45, 7) is 12.0. The maximum absolute atomic E-state index is 13.5. The Morgan fingerprint density at radius 1 is 1.06 bits per heavy atom. The Morgan fingerprint density at radius 3 is 2.33 bits per heavy atom. The van der Waals surface area contributed by atoms with Crippen molar-refractivity contribution in [1.29, 1.82) is 0 Å². The molecule has 33 heavy (non-hydrogen) atoms. The summed E-state index contributed by atoms with van der Waals surface area (Å²) in [5.41, 5.74) is 2.50. The molecule has 0 saturated heterocycles. The number of methoxy groups -OCH3 is 1. The average molecular weight is 473 g/mol. The third-order valence-electron chi connectivity index (χ3n) is 5.50. The van der Waals surface area contributed by atoms with Gasteiger partial charge < -0.3 is 14.8 Å². The van der Waals surface area contributed by atoms with E-state index < -0.39 is 17.7 Å². The van der Waals surface area contributed by atoms with Crippen molar-refractivity contribution in [3.05, 3.63) is 58.1 Å². The van der Waals surface area contributed by atoms with Crippen molar-refractivity contribution in [3.63, 3.8) is 0 Å². The van der Waals surface area contributed by atoms with Crippen LogP contribution in [-0.4, -0.2) is 36.2 Å². The minimum Gasteiger partial charge on any atom is -0.497 e.